The highest BCUT2D eigenvalue weighted by atomic mass is 16.4. The summed E-state index contributed by atoms with van der Waals surface area (Å²) < 4.78 is 1.75. The van der Waals surface area contributed by atoms with Gasteiger partial charge in [0.15, 0.2) is 6.54 Å². The fourth-order valence-electron chi connectivity index (χ4n) is 2.48. The molecular formula is C19H15NO2. The number of para-hydroxylation sites is 1. The van der Waals surface area contributed by atoms with E-state index < -0.39 is 5.97 Å². The van der Waals surface area contributed by atoms with E-state index in [0.717, 1.165) is 22.2 Å². The van der Waals surface area contributed by atoms with E-state index in [-0.39, 0.29) is 6.54 Å². The van der Waals surface area contributed by atoms with Gasteiger partial charge in [0, 0.05) is 23.6 Å². The molecular weight excluding hydrogens is 274 g/mol. The highest BCUT2D eigenvalue weighted by molar-refractivity contribution is 5.78. The number of benzene rings is 2. The van der Waals surface area contributed by atoms with Crippen molar-refractivity contribution in [3.63, 3.8) is 0 Å². The van der Waals surface area contributed by atoms with Gasteiger partial charge in [-0.1, -0.05) is 42.5 Å². The van der Waals surface area contributed by atoms with Gasteiger partial charge in [0.05, 0.1) is 0 Å². The standard InChI is InChI=1S/C19H15NO2/c21-19(22)14-20-17(12-10-15-6-2-1-3-7-15)13-11-16-8-4-5-9-18(16)20/h1-13H,14H2/b12-10+. The lowest BCUT2D eigenvalue weighted by molar-refractivity contribution is -0.667. The Kier molecular flexibility index (Phi) is 3.97. The number of carbonyl (C=O) groups excluding carboxylic acids is 1. The van der Waals surface area contributed by atoms with Crippen LogP contribution in [0.5, 0.6) is 0 Å². The lowest BCUT2D eigenvalue weighted by Gasteiger charge is -2.05. The van der Waals surface area contributed by atoms with Crippen LogP contribution in [0.25, 0.3) is 23.1 Å². The molecule has 1 heterocycles. The van der Waals surface area contributed by atoms with Crippen LogP contribution in [0.15, 0.2) is 66.7 Å². The SMILES string of the molecule is O=C([O-])C[n+]1c(/C=C/c2ccccc2)ccc2ccccc21. The second-order valence-electron chi connectivity index (χ2n) is 5.02. The average Bonchev–Trinajstić information content (AvgIpc) is 2.54. The van der Waals surface area contributed by atoms with Gasteiger partial charge in [0.25, 0.3) is 0 Å². The molecule has 0 N–H and O–H groups in total. The van der Waals surface area contributed by atoms with Crippen molar-refractivity contribution in [3.05, 3.63) is 78.0 Å². The molecule has 0 bridgehead atoms. The zero-order chi connectivity index (χ0) is 15.4. The Morgan fingerprint density at radius 2 is 1.64 bits per heavy atom. The number of aromatic nitrogens is 1. The number of nitrogens with zero attached hydrogens (tertiary/aromatic N) is 1. The second kappa shape index (κ2) is 6.22. The number of carbonyl (C=O) groups is 1. The fraction of sp³-hybridized carbons (Fsp3) is 0.0526. The van der Waals surface area contributed by atoms with E-state index in [9.17, 15) is 9.90 Å². The minimum atomic E-state index is -1.10. The summed E-state index contributed by atoms with van der Waals surface area (Å²) in [6.07, 6.45) is 3.89. The Hall–Kier alpha value is -2.94. The number of rotatable bonds is 4. The van der Waals surface area contributed by atoms with Crippen molar-refractivity contribution in [2.45, 2.75) is 6.54 Å². The summed E-state index contributed by atoms with van der Waals surface area (Å²) in [6, 6.07) is 21.5. The third kappa shape index (κ3) is 3.04. The summed E-state index contributed by atoms with van der Waals surface area (Å²) in [6.45, 7) is -0.171. The molecule has 3 nitrogen and oxygen atoms in total. The molecule has 3 rings (SSSR count). The second-order valence-corrected chi connectivity index (χ2v) is 5.02. The van der Waals surface area contributed by atoms with Crippen molar-refractivity contribution >= 4 is 29.0 Å². The summed E-state index contributed by atoms with van der Waals surface area (Å²) >= 11 is 0. The molecule has 0 aliphatic rings. The van der Waals surface area contributed by atoms with E-state index in [1.165, 1.54) is 0 Å². The van der Waals surface area contributed by atoms with E-state index in [4.69, 9.17) is 0 Å². The van der Waals surface area contributed by atoms with Crippen LogP contribution in [0.4, 0.5) is 0 Å². The largest absolute Gasteiger partial charge is 0.544 e. The molecule has 0 atom stereocenters. The molecule has 0 fully saturated rings. The number of carboxylic acids is 1. The first-order valence-corrected chi connectivity index (χ1v) is 7.08. The van der Waals surface area contributed by atoms with Crippen LogP contribution in [-0.4, -0.2) is 5.97 Å². The van der Waals surface area contributed by atoms with Gasteiger partial charge >= 0.3 is 0 Å². The summed E-state index contributed by atoms with van der Waals surface area (Å²) in [5, 5.41) is 12.1. The van der Waals surface area contributed by atoms with Crippen molar-refractivity contribution in [2.24, 2.45) is 0 Å². The van der Waals surface area contributed by atoms with Crippen molar-refractivity contribution in [1.82, 2.24) is 0 Å². The third-order valence-electron chi connectivity index (χ3n) is 3.51. The van der Waals surface area contributed by atoms with Gasteiger partial charge in [-0.25, -0.2) is 0 Å². The van der Waals surface area contributed by atoms with Gasteiger partial charge in [-0.15, -0.1) is 0 Å². The highest BCUT2D eigenvalue weighted by Crippen LogP contribution is 2.12. The number of pyridine rings is 1. The lowest BCUT2D eigenvalue weighted by Crippen LogP contribution is -2.46. The van der Waals surface area contributed by atoms with Gasteiger partial charge in [-0.05, 0) is 23.8 Å². The minimum absolute atomic E-state index is 0.171. The van der Waals surface area contributed by atoms with Gasteiger partial charge in [-0.2, -0.15) is 4.57 Å². The normalized spacial score (nSPS) is 11.1. The Bertz CT molecular complexity index is 838. The van der Waals surface area contributed by atoms with E-state index in [0.29, 0.717) is 0 Å². The third-order valence-corrected chi connectivity index (χ3v) is 3.51. The van der Waals surface area contributed by atoms with Gasteiger partial charge in [-0.3, -0.25) is 0 Å². The molecule has 1 aromatic heterocycles. The Morgan fingerprint density at radius 1 is 0.909 bits per heavy atom. The van der Waals surface area contributed by atoms with Gasteiger partial charge in [0.2, 0.25) is 11.2 Å². The van der Waals surface area contributed by atoms with Crippen LogP contribution in [-0.2, 0) is 11.3 Å². The Labute approximate surface area is 128 Å². The van der Waals surface area contributed by atoms with Gasteiger partial charge in [0.1, 0.15) is 5.97 Å². The molecule has 3 aromatic rings. The maximum absolute atomic E-state index is 11.1. The predicted octanol–water partition coefficient (Wildman–Crippen LogP) is 2.05. The molecule has 0 spiro atoms. The molecule has 0 saturated heterocycles. The molecule has 0 radical (unpaired) electrons. The van der Waals surface area contributed by atoms with Crippen molar-refractivity contribution in [2.75, 3.05) is 0 Å². The smallest absolute Gasteiger partial charge is 0.213 e. The van der Waals surface area contributed by atoms with E-state index >= 15 is 0 Å². The van der Waals surface area contributed by atoms with Crippen LogP contribution in [0.2, 0.25) is 0 Å². The highest BCUT2D eigenvalue weighted by Gasteiger charge is 2.13. The Morgan fingerprint density at radius 3 is 2.41 bits per heavy atom. The van der Waals surface area contributed by atoms with E-state index in [1.807, 2.05) is 78.9 Å². The summed E-state index contributed by atoms with van der Waals surface area (Å²) in [5.41, 5.74) is 2.77. The van der Waals surface area contributed by atoms with Crippen molar-refractivity contribution in [3.8, 4) is 0 Å². The van der Waals surface area contributed by atoms with Crippen molar-refractivity contribution in [1.29, 1.82) is 0 Å². The predicted molar refractivity (Wildman–Crippen MR) is 84.5 cm³/mol. The number of aliphatic carboxylic acids is 1. The van der Waals surface area contributed by atoms with Crippen molar-refractivity contribution < 1.29 is 14.5 Å². The fourth-order valence-corrected chi connectivity index (χ4v) is 2.48. The first-order chi connectivity index (χ1) is 10.7. The molecule has 3 heteroatoms. The van der Waals surface area contributed by atoms with Crippen LogP contribution in [0.1, 0.15) is 11.3 Å². The van der Waals surface area contributed by atoms with Crippen LogP contribution in [0, 0.1) is 0 Å². The molecule has 0 amide bonds. The monoisotopic (exact) mass is 289 g/mol. The molecule has 0 aliphatic carbocycles. The minimum Gasteiger partial charge on any atom is -0.544 e. The lowest BCUT2D eigenvalue weighted by atomic mass is 10.1. The maximum Gasteiger partial charge on any atom is 0.213 e. The first kappa shape index (κ1) is 14.0. The van der Waals surface area contributed by atoms with Gasteiger partial charge < -0.3 is 9.90 Å². The number of fused-ring (bicyclic) bond motifs is 1. The topological polar surface area (TPSA) is 44.0 Å². The quantitative estimate of drug-likeness (QED) is 0.690. The molecule has 0 unspecified atom stereocenters. The summed E-state index contributed by atoms with van der Waals surface area (Å²) in [5.74, 6) is -1.10. The van der Waals surface area contributed by atoms with E-state index in [2.05, 4.69) is 0 Å². The molecule has 0 aliphatic heterocycles. The molecule has 108 valence electrons. The zero-order valence-electron chi connectivity index (χ0n) is 12.0. The summed E-state index contributed by atoms with van der Waals surface area (Å²) in [4.78, 5) is 11.1. The van der Waals surface area contributed by atoms with Crippen LogP contribution < -0.4 is 9.67 Å². The molecule has 2 aromatic carbocycles. The van der Waals surface area contributed by atoms with Crippen LogP contribution >= 0.6 is 0 Å². The maximum atomic E-state index is 11.1. The molecule has 0 saturated carbocycles. The first-order valence-electron chi connectivity index (χ1n) is 7.08. The number of hydrogen-bond donors (Lipinski definition) is 0. The average molecular weight is 289 g/mol. The van der Waals surface area contributed by atoms with Crippen LogP contribution in [0.3, 0.4) is 0 Å². The number of carboxylic acid groups (broad SMARTS) is 1. The zero-order valence-corrected chi connectivity index (χ0v) is 12.0. The molecule has 22 heavy (non-hydrogen) atoms. The number of hydrogen-bond acceptors (Lipinski definition) is 2. The summed E-state index contributed by atoms with van der Waals surface area (Å²) in [7, 11) is 0. The van der Waals surface area contributed by atoms with E-state index in [1.54, 1.807) is 4.57 Å². The Balaban J connectivity index is 2.08.